The molecule has 1 aromatic carbocycles. The molecule has 5 nitrogen and oxygen atoms in total. The number of carboxylic acids is 1. The van der Waals surface area contributed by atoms with Gasteiger partial charge in [0.05, 0.1) is 0 Å². The van der Waals surface area contributed by atoms with Gasteiger partial charge in [-0.15, -0.1) is 0 Å². The predicted molar refractivity (Wildman–Crippen MR) is 82.1 cm³/mol. The monoisotopic (exact) mass is 288 g/mol. The molecule has 0 heterocycles. The van der Waals surface area contributed by atoms with Crippen LogP contribution in [0, 0.1) is 5.92 Å². The van der Waals surface area contributed by atoms with E-state index in [1.807, 2.05) is 0 Å². The number of carbonyl (C=O) groups excluding carboxylic acids is 1. The van der Waals surface area contributed by atoms with Crippen LogP contribution in [0.4, 0.5) is 10.5 Å². The molecule has 5 heteroatoms. The zero-order chi connectivity index (χ0) is 15.4. The van der Waals surface area contributed by atoms with E-state index in [0.717, 1.165) is 11.6 Å². The molecule has 0 bridgehead atoms. The molecule has 0 spiro atoms. The summed E-state index contributed by atoms with van der Waals surface area (Å²) >= 11 is 0. The van der Waals surface area contributed by atoms with Crippen LogP contribution >= 0.6 is 0 Å². The maximum absolute atomic E-state index is 12.2. The first-order valence-electron chi connectivity index (χ1n) is 7.02. The topological polar surface area (TPSA) is 69.6 Å². The second kappa shape index (κ2) is 6.43. The fourth-order valence-corrected chi connectivity index (χ4v) is 2.18. The minimum absolute atomic E-state index is 0.145. The van der Waals surface area contributed by atoms with E-state index in [1.165, 1.54) is 18.9 Å². The van der Waals surface area contributed by atoms with E-state index in [4.69, 9.17) is 5.11 Å². The molecular weight excluding hydrogens is 268 g/mol. The molecule has 1 aliphatic rings. The van der Waals surface area contributed by atoms with Gasteiger partial charge in [-0.25, -0.2) is 9.59 Å². The summed E-state index contributed by atoms with van der Waals surface area (Å²) in [5.41, 5.74) is 1.38. The lowest BCUT2D eigenvalue weighted by Crippen LogP contribution is -2.39. The van der Waals surface area contributed by atoms with Crippen molar-refractivity contribution in [2.75, 3.05) is 12.4 Å². The number of hydrogen-bond acceptors (Lipinski definition) is 2. The second-order valence-electron chi connectivity index (χ2n) is 5.42. The molecule has 0 aromatic heterocycles. The normalized spacial score (nSPS) is 15.7. The first-order chi connectivity index (χ1) is 9.97. The minimum Gasteiger partial charge on any atom is -0.478 e. The number of nitrogens with zero attached hydrogens (tertiary/aromatic N) is 1. The quantitative estimate of drug-likeness (QED) is 0.818. The van der Waals surface area contributed by atoms with Gasteiger partial charge in [0.2, 0.25) is 0 Å². The van der Waals surface area contributed by atoms with Gasteiger partial charge in [-0.05, 0) is 49.5 Å². The standard InChI is InChI=1S/C16H20N2O3/c1-11(13-7-8-13)18(2)16(21)17-14-5-3-4-12(10-14)6-9-15(19)20/h3-6,9-11,13H,7-8H2,1-2H3,(H,17,21)(H,19,20)/b9-6+. The van der Waals surface area contributed by atoms with Gasteiger partial charge in [0, 0.05) is 24.9 Å². The van der Waals surface area contributed by atoms with Gasteiger partial charge in [-0.3, -0.25) is 0 Å². The molecule has 1 atom stereocenters. The van der Waals surface area contributed by atoms with E-state index in [1.54, 1.807) is 36.2 Å². The smallest absolute Gasteiger partial charge is 0.328 e. The third-order valence-corrected chi connectivity index (χ3v) is 3.79. The van der Waals surface area contributed by atoms with Crippen LogP contribution in [0.3, 0.4) is 0 Å². The number of carboxylic acid groups (broad SMARTS) is 1. The number of hydrogen-bond donors (Lipinski definition) is 2. The number of rotatable bonds is 5. The Morgan fingerprint density at radius 1 is 1.43 bits per heavy atom. The van der Waals surface area contributed by atoms with Crippen molar-refractivity contribution in [3.63, 3.8) is 0 Å². The van der Waals surface area contributed by atoms with Gasteiger partial charge in [-0.2, -0.15) is 0 Å². The average molecular weight is 288 g/mol. The lowest BCUT2D eigenvalue weighted by Gasteiger charge is -2.25. The summed E-state index contributed by atoms with van der Waals surface area (Å²) in [4.78, 5) is 24.4. The molecule has 1 unspecified atom stereocenters. The summed E-state index contributed by atoms with van der Waals surface area (Å²) in [6, 6.07) is 7.18. The first kappa shape index (κ1) is 15.1. The number of anilines is 1. The molecule has 1 saturated carbocycles. The van der Waals surface area contributed by atoms with Crippen LogP contribution < -0.4 is 5.32 Å². The van der Waals surface area contributed by atoms with E-state index >= 15 is 0 Å². The van der Waals surface area contributed by atoms with E-state index < -0.39 is 5.97 Å². The van der Waals surface area contributed by atoms with Gasteiger partial charge in [0.15, 0.2) is 0 Å². The Hall–Kier alpha value is -2.30. The highest BCUT2D eigenvalue weighted by molar-refractivity contribution is 5.90. The number of carbonyl (C=O) groups is 2. The van der Waals surface area contributed by atoms with Crippen LogP contribution in [0.1, 0.15) is 25.3 Å². The van der Waals surface area contributed by atoms with Crippen molar-refractivity contribution in [2.45, 2.75) is 25.8 Å². The van der Waals surface area contributed by atoms with Crippen molar-refractivity contribution in [2.24, 2.45) is 5.92 Å². The van der Waals surface area contributed by atoms with Crippen molar-refractivity contribution in [3.8, 4) is 0 Å². The second-order valence-corrected chi connectivity index (χ2v) is 5.42. The lowest BCUT2D eigenvalue weighted by molar-refractivity contribution is -0.131. The van der Waals surface area contributed by atoms with Crippen LogP contribution in [0.5, 0.6) is 0 Å². The number of amides is 2. The Morgan fingerprint density at radius 2 is 2.14 bits per heavy atom. The fourth-order valence-electron chi connectivity index (χ4n) is 2.18. The van der Waals surface area contributed by atoms with Gasteiger partial charge in [-0.1, -0.05) is 12.1 Å². The number of urea groups is 1. The molecular formula is C16H20N2O3. The van der Waals surface area contributed by atoms with Crippen molar-refractivity contribution in [3.05, 3.63) is 35.9 Å². The Bertz CT molecular complexity index is 564. The third-order valence-electron chi connectivity index (χ3n) is 3.79. The summed E-state index contributed by atoms with van der Waals surface area (Å²) in [6.45, 7) is 2.06. The number of benzene rings is 1. The highest BCUT2D eigenvalue weighted by Gasteiger charge is 2.32. The van der Waals surface area contributed by atoms with E-state index in [-0.39, 0.29) is 12.1 Å². The molecule has 0 aliphatic heterocycles. The molecule has 1 aromatic rings. The van der Waals surface area contributed by atoms with Crippen molar-refractivity contribution in [1.82, 2.24) is 4.90 Å². The molecule has 0 saturated heterocycles. The summed E-state index contributed by atoms with van der Waals surface area (Å²) < 4.78 is 0. The minimum atomic E-state index is -0.998. The summed E-state index contributed by atoms with van der Waals surface area (Å²) in [6.07, 6.45) is 4.94. The number of nitrogens with one attached hydrogen (secondary N) is 1. The maximum atomic E-state index is 12.2. The van der Waals surface area contributed by atoms with Crippen LogP contribution in [0.15, 0.2) is 30.3 Å². The Balaban J connectivity index is 2.00. The van der Waals surface area contributed by atoms with E-state index in [0.29, 0.717) is 11.6 Å². The molecule has 0 radical (unpaired) electrons. The van der Waals surface area contributed by atoms with Crippen LogP contribution in [0.2, 0.25) is 0 Å². The molecule has 21 heavy (non-hydrogen) atoms. The van der Waals surface area contributed by atoms with Crippen LogP contribution in [-0.2, 0) is 4.79 Å². The molecule has 1 fully saturated rings. The third kappa shape index (κ3) is 4.34. The maximum Gasteiger partial charge on any atom is 0.328 e. The summed E-state index contributed by atoms with van der Waals surface area (Å²) in [5.74, 6) is -0.381. The average Bonchev–Trinajstić information content (AvgIpc) is 3.28. The highest BCUT2D eigenvalue weighted by Crippen LogP contribution is 2.34. The molecule has 2 rings (SSSR count). The lowest BCUT2D eigenvalue weighted by atomic mass is 10.2. The Morgan fingerprint density at radius 3 is 2.76 bits per heavy atom. The number of aliphatic carboxylic acids is 1. The first-order valence-corrected chi connectivity index (χ1v) is 7.02. The zero-order valence-electron chi connectivity index (χ0n) is 12.2. The predicted octanol–water partition coefficient (Wildman–Crippen LogP) is 3.05. The van der Waals surface area contributed by atoms with E-state index in [2.05, 4.69) is 12.2 Å². The van der Waals surface area contributed by atoms with Gasteiger partial charge >= 0.3 is 12.0 Å². The highest BCUT2D eigenvalue weighted by atomic mass is 16.4. The Kier molecular flexibility index (Phi) is 4.62. The van der Waals surface area contributed by atoms with Gasteiger partial charge < -0.3 is 15.3 Å². The van der Waals surface area contributed by atoms with Crippen LogP contribution in [-0.4, -0.2) is 35.1 Å². The van der Waals surface area contributed by atoms with Crippen molar-refractivity contribution in [1.29, 1.82) is 0 Å². The van der Waals surface area contributed by atoms with Crippen LogP contribution in [0.25, 0.3) is 6.08 Å². The molecule has 2 N–H and O–H groups in total. The molecule has 2 amide bonds. The SMILES string of the molecule is CC(C1CC1)N(C)C(=O)Nc1cccc(/C=C/C(=O)O)c1. The molecule has 1 aliphatic carbocycles. The van der Waals surface area contributed by atoms with Crippen molar-refractivity contribution >= 4 is 23.8 Å². The van der Waals surface area contributed by atoms with Gasteiger partial charge in [0.1, 0.15) is 0 Å². The summed E-state index contributed by atoms with van der Waals surface area (Å²) in [7, 11) is 1.80. The fraction of sp³-hybridized carbons (Fsp3) is 0.375. The summed E-state index contributed by atoms with van der Waals surface area (Å²) in [5, 5.41) is 11.5. The van der Waals surface area contributed by atoms with Crippen molar-refractivity contribution < 1.29 is 14.7 Å². The van der Waals surface area contributed by atoms with Gasteiger partial charge in [0.25, 0.3) is 0 Å². The zero-order valence-corrected chi connectivity index (χ0v) is 12.2. The molecule has 112 valence electrons. The largest absolute Gasteiger partial charge is 0.478 e. The van der Waals surface area contributed by atoms with E-state index in [9.17, 15) is 9.59 Å². The Labute approximate surface area is 124 Å².